The Morgan fingerprint density at radius 1 is 1.23 bits per heavy atom. The van der Waals surface area contributed by atoms with Gasteiger partial charge in [-0.25, -0.2) is 4.98 Å². The molecule has 0 saturated carbocycles. The molecule has 0 aliphatic heterocycles. The zero-order valence-corrected chi connectivity index (χ0v) is 15.6. The van der Waals surface area contributed by atoms with Crippen molar-refractivity contribution in [2.45, 2.75) is 6.04 Å². The van der Waals surface area contributed by atoms with Crippen LogP contribution in [0.25, 0.3) is 0 Å². The standard InChI is InChI=1S/C18H17BrN4O3/c1-23-10-9-20-17(23)16(12-5-3-2-4-6-12)22-15(24)11-21-18(25)13-7-8-14(19)26-13/h2-10,16H,11H2,1H3,(H,21,25)(H,22,24). The molecule has 0 saturated heterocycles. The summed E-state index contributed by atoms with van der Waals surface area (Å²) in [6.07, 6.45) is 3.49. The van der Waals surface area contributed by atoms with Gasteiger partial charge >= 0.3 is 0 Å². The third-order valence-electron chi connectivity index (χ3n) is 3.76. The van der Waals surface area contributed by atoms with Gasteiger partial charge in [0.25, 0.3) is 5.91 Å². The molecule has 0 bridgehead atoms. The fourth-order valence-corrected chi connectivity index (χ4v) is 2.80. The highest BCUT2D eigenvalue weighted by Crippen LogP contribution is 2.20. The monoisotopic (exact) mass is 416 g/mol. The second-order valence-electron chi connectivity index (χ2n) is 5.59. The summed E-state index contributed by atoms with van der Waals surface area (Å²) in [4.78, 5) is 28.7. The number of furan rings is 1. The number of hydrogen-bond donors (Lipinski definition) is 2. The number of imidazole rings is 1. The molecule has 7 nitrogen and oxygen atoms in total. The molecule has 3 aromatic rings. The van der Waals surface area contributed by atoms with E-state index in [4.69, 9.17) is 4.42 Å². The van der Waals surface area contributed by atoms with Crippen molar-refractivity contribution in [2.24, 2.45) is 7.05 Å². The predicted molar refractivity (Wildman–Crippen MR) is 98.4 cm³/mol. The summed E-state index contributed by atoms with van der Waals surface area (Å²) in [6, 6.07) is 12.2. The van der Waals surface area contributed by atoms with Gasteiger partial charge in [-0.2, -0.15) is 0 Å². The number of benzene rings is 1. The van der Waals surface area contributed by atoms with Crippen LogP contribution < -0.4 is 10.6 Å². The summed E-state index contributed by atoms with van der Waals surface area (Å²) in [6.45, 7) is -0.176. The van der Waals surface area contributed by atoms with E-state index in [1.165, 1.54) is 6.07 Å². The Labute approximate surface area is 158 Å². The van der Waals surface area contributed by atoms with Crippen LogP contribution in [0, 0.1) is 0 Å². The Morgan fingerprint density at radius 3 is 2.62 bits per heavy atom. The van der Waals surface area contributed by atoms with Gasteiger partial charge in [0.15, 0.2) is 10.4 Å². The average molecular weight is 417 g/mol. The van der Waals surface area contributed by atoms with Crippen LogP contribution >= 0.6 is 15.9 Å². The molecule has 2 amide bonds. The Hall–Kier alpha value is -2.87. The molecule has 2 aromatic heterocycles. The number of carbonyl (C=O) groups excluding carboxylic acids is 2. The number of rotatable bonds is 6. The van der Waals surface area contributed by atoms with Gasteiger partial charge in [-0.05, 0) is 33.6 Å². The van der Waals surface area contributed by atoms with E-state index >= 15 is 0 Å². The summed E-state index contributed by atoms with van der Waals surface area (Å²) in [5, 5.41) is 5.45. The highest BCUT2D eigenvalue weighted by molar-refractivity contribution is 9.10. The van der Waals surface area contributed by atoms with Gasteiger partial charge < -0.3 is 19.6 Å². The van der Waals surface area contributed by atoms with Crippen molar-refractivity contribution < 1.29 is 14.0 Å². The van der Waals surface area contributed by atoms with Crippen molar-refractivity contribution >= 4 is 27.7 Å². The maximum atomic E-state index is 12.4. The van der Waals surface area contributed by atoms with E-state index in [0.717, 1.165) is 5.56 Å². The number of carbonyl (C=O) groups is 2. The fourth-order valence-electron chi connectivity index (χ4n) is 2.49. The number of nitrogens with one attached hydrogen (secondary N) is 2. The molecular weight excluding hydrogens is 400 g/mol. The molecule has 0 aliphatic carbocycles. The van der Waals surface area contributed by atoms with E-state index in [1.54, 1.807) is 12.3 Å². The Balaban J connectivity index is 1.68. The van der Waals surface area contributed by atoms with E-state index in [9.17, 15) is 9.59 Å². The Morgan fingerprint density at radius 2 is 2.00 bits per heavy atom. The molecule has 2 heterocycles. The summed E-state index contributed by atoms with van der Waals surface area (Å²) >= 11 is 3.13. The van der Waals surface area contributed by atoms with Crippen LogP contribution in [0.4, 0.5) is 0 Å². The van der Waals surface area contributed by atoms with Crippen LogP contribution in [0.15, 0.2) is 63.9 Å². The first-order valence-electron chi connectivity index (χ1n) is 7.89. The van der Waals surface area contributed by atoms with Gasteiger partial charge in [0.05, 0.1) is 6.54 Å². The molecule has 0 fully saturated rings. The normalized spacial score (nSPS) is 11.8. The second kappa shape index (κ2) is 8.01. The van der Waals surface area contributed by atoms with Crippen molar-refractivity contribution in [1.82, 2.24) is 20.2 Å². The van der Waals surface area contributed by atoms with Gasteiger partial charge in [-0.1, -0.05) is 30.3 Å². The summed E-state index contributed by atoms with van der Waals surface area (Å²) in [5.41, 5.74) is 0.899. The molecule has 1 aromatic carbocycles. The first-order chi connectivity index (χ1) is 12.5. The van der Waals surface area contributed by atoms with Crippen molar-refractivity contribution in [2.75, 3.05) is 6.54 Å². The van der Waals surface area contributed by atoms with Crippen molar-refractivity contribution in [3.05, 3.63) is 76.7 Å². The van der Waals surface area contributed by atoms with Gasteiger partial charge in [0.1, 0.15) is 11.9 Å². The van der Waals surface area contributed by atoms with E-state index < -0.39 is 11.9 Å². The van der Waals surface area contributed by atoms with Crippen LogP contribution in [0.5, 0.6) is 0 Å². The predicted octanol–water partition coefficient (Wildman–Crippen LogP) is 2.41. The van der Waals surface area contributed by atoms with Gasteiger partial charge in [0, 0.05) is 19.4 Å². The number of hydrogen-bond acceptors (Lipinski definition) is 4. The molecule has 8 heteroatoms. The highest BCUT2D eigenvalue weighted by atomic mass is 79.9. The maximum Gasteiger partial charge on any atom is 0.287 e. The lowest BCUT2D eigenvalue weighted by Gasteiger charge is -2.19. The van der Waals surface area contributed by atoms with Crippen LogP contribution in [0.1, 0.15) is 28.0 Å². The molecular formula is C18H17BrN4O3. The molecule has 0 spiro atoms. The van der Waals surface area contributed by atoms with E-state index in [-0.39, 0.29) is 18.2 Å². The van der Waals surface area contributed by atoms with Crippen LogP contribution in [-0.2, 0) is 11.8 Å². The van der Waals surface area contributed by atoms with Crippen molar-refractivity contribution in [3.8, 4) is 0 Å². The number of amides is 2. The lowest BCUT2D eigenvalue weighted by Crippen LogP contribution is -2.39. The Kier molecular flexibility index (Phi) is 5.52. The van der Waals surface area contributed by atoms with E-state index in [0.29, 0.717) is 10.5 Å². The summed E-state index contributed by atoms with van der Waals surface area (Å²) in [7, 11) is 1.86. The number of aromatic nitrogens is 2. The zero-order valence-electron chi connectivity index (χ0n) is 14.0. The highest BCUT2D eigenvalue weighted by Gasteiger charge is 2.21. The molecule has 1 atom stereocenters. The van der Waals surface area contributed by atoms with E-state index in [2.05, 4.69) is 31.5 Å². The van der Waals surface area contributed by atoms with Crippen LogP contribution in [0.2, 0.25) is 0 Å². The lowest BCUT2D eigenvalue weighted by molar-refractivity contribution is -0.120. The van der Waals surface area contributed by atoms with Crippen LogP contribution in [-0.4, -0.2) is 27.9 Å². The lowest BCUT2D eigenvalue weighted by atomic mass is 10.1. The maximum absolute atomic E-state index is 12.4. The molecule has 0 radical (unpaired) electrons. The second-order valence-corrected chi connectivity index (χ2v) is 6.38. The number of nitrogens with zero attached hydrogens (tertiary/aromatic N) is 2. The molecule has 134 valence electrons. The topological polar surface area (TPSA) is 89.2 Å². The average Bonchev–Trinajstić information content (AvgIpc) is 3.27. The third kappa shape index (κ3) is 4.20. The summed E-state index contributed by atoms with van der Waals surface area (Å²) in [5.74, 6) is 0.0409. The Bertz CT molecular complexity index is 904. The number of halogens is 1. The molecule has 2 N–H and O–H groups in total. The van der Waals surface area contributed by atoms with Gasteiger partial charge in [-0.15, -0.1) is 0 Å². The number of aryl methyl sites for hydroxylation is 1. The minimum absolute atomic E-state index is 0.133. The zero-order chi connectivity index (χ0) is 18.5. The molecule has 1 unspecified atom stereocenters. The minimum Gasteiger partial charge on any atom is -0.444 e. The SMILES string of the molecule is Cn1ccnc1C(NC(=O)CNC(=O)c1ccc(Br)o1)c1ccccc1. The summed E-state index contributed by atoms with van der Waals surface area (Å²) < 4.78 is 7.46. The van der Waals surface area contributed by atoms with Crippen molar-refractivity contribution in [3.63, 3.8) is 0 Å². The van der Waals surface area contributed by atoms with Gasteiger partial charge in [-0.3, -0.25) is 9.59 Å². The quantitative estimate of drug-likeness (QED) is 0.645. The smallest absolute Gasteiger partial charge is 0.287 e. The van der Waals surface area contributed by atoms with Gasteiger partial charge in [0.2, 0.25) is 5.91 Å². The molecule has 26 heavy (non-hydrogen) atoms. The fraction of sp³-hybridized carbons (Fsp3) is 0.167. The first-order valence-corrected chi connectivity index (χ1v) is 8.69. The van der Waals surface area contributed by atoms with Crippen LogP contribution in [0.3, 0.4) is 0 Å². The largest absolute Gasteiger partial charge is 0.444 e. The molecule has 3 rings (SSSR count). The van der Waals surface area contributed by atoms with E-state index in [1.807, 2.05) is 48.1 Å². The third-order valence-corrected chi connectivity index (χ3v) is 4.19. The first kappa shape index (κ1) is 17.9. The minimum atomic E-state index is -0.459. The molecule has 0 aliphatic rings. The van der Waals surface area contributed by atoms with Crippen molar-refractivity contribution in [1.29, 1.82) is 0 Å².